The fourth-order valence-corrected chi connectivity index (χ4v) is 4.13. The number of oxime groups is 1. The first-order valence-corrected chi connectivity index (χ1v) is 12.6. The second-order valence-corrected chi connectivity index (χ2v) is 10.1. The van der Waals surface area contributed by atoms with Crippen molar-refractivity contribution < 1.29 is 18.8 Å². The van der Waals surface area contributed by atoms with Crippen LogP contribution in [0.1, 0.15) is 72.8 Å². The van der Waals surface area contributed by atoms with E-state index >= 15 is 0 Å². The van der Waals surface area contributed by atoms with Crippen LogP contribution >= 0.6 is 0 Å². The van der Waals surface area contributed by atoms with Crippen LogP contribution in [0.15, 0.2) is 25.2 Å². The van der Waals surface area contributed by atoms with Gasteiger partial charge in [-0.05, 0) is 52.5 Å². The summed E-state index contributed by atoms with van der Waals surface area (Å²) in [5.41, 5.74) is -1.03. The van der Waals surface area contributed by atoms with Gasteiger partial charge >= 0.3 is 17.7 Å². The lowest BCUT2D eigenvalue weighted by molar-refractivity contribution is 0.0129. The number of fused-ring (bicyclic) bond motifs is 1. The van der Waals surface area contributed by atoms with Gasteiger partial charge in [0.15, 0.2) is 0 Å². The van der Waals surface area contributed by atoms with E-state index in [1.54, 1.807) is 4.90 Å². The number of amidine groups is 1. The summed E-state index contributed by atoms with van der Waals surface area (Å²) < 4.78 is 10.7. The van der Waals surface area contributed by atoms with Gasteiger partial charge in [-0.15, -0.1) is 0 Å². The maximum Gasteiger partial charge on any atom is 0.410 e. The van der Waals surface area contributed by atoms with Crippen LogP contribution < -0.4 is 16.0 Å². The topological polar surface area (TPSA) is 130 Å². The molecule has 11 heteroatoms. The molecule has 0 radical (unpaired) electrons. The monoisotopic (exact) mass is 503 g/mol. The molecule has 0 bridgehead atoms. The quantitative estimate of drug-likeness (QED) is 0.344. The summed E-state index contributed by atoms with van der Waals surface area (Å²) in [4.78, 5) is 53.3. The molecule has 3 heterocycles. The number of hydrogen-bond donors (Lipinski definition) is 1. The zero-order valence-corrected chi connectivity index (χ0v) is 22.0. The van der Waals surface area contributed by atoms with Crippen molar-refractivity contribution in [2.24, 2.45) is 5.16 Å². The second kappa shape index (κ2) is 11.6. The molecule has 0 unspecified atom stereocenters. The number of H-pyrrole nitrogens is 1. The van der Waals surface area contributed by atoms with E-state index in [1.807, 2.05) is 41.5 Å². The normalized spacial score (nSPS) is 16.9. The number of hydrogen-bond acceptors (Lipinski definition) is 8. The Morgan fingerprint density at radius 1 is 1.25 bits per heavy atom. The van der Waals surface area contributed by atoms with Crippen molar-refractivity contribution in [3.8, 4) is 6.01 Å². The Morgan fingerprint density at radius 2 is 2.00 bits per heavy atom. The number of nitrogens with one attached hydrogen (secondary N) is 1. The van der Waals surface area contributed by atoms with Gasteiger partial charge in [0.1, 0.15) is 16.8 Å². The minimum Gasteiger partial charge on any atom is -0.444 e. The van der Waals surface area contributed by atoms with Gasteiger partial charge in [-0.2, -0.15) is 4.98 Å². The Labute approximate surface area is 210 Å². The van der Waals surface area contributed by atoms with Crippen LogP contribution in [-0.2, 0) is 11.2 Å². The van der Waals surface area contributed by atoms with Crippen molar-refractivity contribution >= 4 is 23.0 Å². The van der Waals surface area contributed by atoms with E-state index in [2.05, 4.69) is 20.0 Å². The summed E-state index contributed by atoms with van der Waals surface area (Å²) in [6, 6.07) is 1.16. The van der Waals surface area contributed by atoms with Crippen molar-refractivity contribution in [3.05, 3.63) is 32.4 Å². The molecule has 11 nitrogen and oxygen atoms in total. The molecule has 2 aromatic rings. The van der Waals surface area contributed by atoms with Crippen LogP contribution in [0.25, 0.3) is 11.1 Å². The molecule has 0 aromatic carbocycles. The van der Waals surface area contributed by atoms with Crippen molar-refractivity contribution in [1.82, 2.24) is 19.8 Å². The molecule has 0 spiro atoms. The Morgan fingerprint density at radius 3 is 2.64 bits per heavy atom. The Bertz CT molecular complexity index is 1210. The first-order valence-electron chi connectivity index (χ1n) is 12.6. The maximum atomic E-state index is 12.8. The summed E-state index contributed by atoms with van der Waals surface area (Å²) in [5, 5.41) is 4.53. The van der Waals surface area contributed by atoms with Gasteiger partial charge in [-0.1, -0.05) is 25.4 Å². The zero-order valence-electron chi connectivity index (χ0n) is 22.0. The Hall–Kier alpha value is -3.37. The minimum atomic E-state index is -0.565. The lowest BCUT2D eigenvalue weighted by Gasteiger charge is -2.41. The molecule has 0 aliphatic carbocycles. The Balaban J connectivity index is 1.80. The number of carbonyl (C=O) groups is 1. The lowest BCUT2D eigenvalue weighted by atomic mass is 10.1. The molecule has 1 saturated heterocycles. The van der Waals surface area contributed by atoms with Crippen LogP contribution in [0.5, 0.6) is 6.01 Å². The first-order chi connectivity index (χ1) is 17.0. The van der Waals surface area contributed by atoms with Gasteiger partial charge in [0.25, 0.3) is 5.56 Å². The molecule has 198 valence electrons. The Kier molecular flexibility index (Phi) is 8.75. The third kappa shape index (κ3) is 6.86. The summed E-state index contributed by atoms with van der Waals surface area (Å²) in [5.74, 6) is 0.676. The number of nitrogens with zero attached hydrogens (tertiary/aromatic N) is 4. The van der Waals surface area contributed by atoms with Crippen LogP contribution in [0, 0.1) is 0 Å². The summed E-state index contributed by atoms with van der Waals surface area (Å²) in [6.07, 6.45) is 3.45. The largest absolute Gasteiger partial charge is 0.444 e. The highest BCUT2D eigenvalue weighted by Crippen LogP contribution is 2.18. The predicted octanol–water partition coefficient (Wildman–Crippen LogP) is 3.65. The van der Waals surface area contributed by atoms with E-state index in [1.165, 1.54) is 6.07 Å². The number of rotatable bonds is 7. The van der Waals surface area contributed by atoms with E-state index in [4.69, 9.17) is 14.0 Å². The average molecular weight is 504 g/mol. The number of aryl methyl sites for hydroxylation is 1. The summed E-state index contributed by atoms with van der Waals surface area (Å²) in [7, 11) is 0. The summed E-state index contributed by atoms with van der Waals surface area (Å²) >= 11 is 0. The van der Waals surface area contributed by atoms with Gasteiger partial charge in [0.05, 0.1) is 0 Å². The van der Waals surface area contributed by atoms with Crippen molar-refractivity contribution in [3.63, 3.8) is 0 Å². The highest BCUT2D eigenvalue weighted by Gasteiger charge is 2.31. The number of piperazine rings is 1. The fourth-order valence-electron chi connectivity index (χ4n) is 4.13. The lowest BCUT2D eigenvalue weighted by Crippen LogP contribution is -2.56. The van der Waals surface area contributed by atoms with Crippen LogP contribution in [0.4, 0.5) is 4.79 Å². The number of aromatic nitrogens is 2. The number of ether oxygens (including phenoxy) is 1. The smallest absolute Gasteiger partial charge is 0.410 e. The molecule has 1 fully saturated rings. The van der Waals surface area contributed by atoms with Crippen molar-refractivity contribution in [2.45, 2.75) is 85.3 Å². The fraction of sp³-hybridized carbons (Fsp3) is 0.640. The standard InChI is InChI=1S/C25H37N5O6/c1-7-9-11-17-14-19(31)34-22-20(17)21(32)26-23(27-22)36-28-18(10-8-2)30-13-12-29(15-16(30)3)24(33)35-25(4,5)6/h14,16H,7-13,15H2,1-6H3,(H,26,27,32)/t16-/m0/s1. The van der Waals surface area contributed by atoms with E-state index in [9.17, 15) is 14.4 Å². The molecule has 0 saturated carbocycles. The third-order valence-corrected chi connectivity index (χ3v) is 5.80. The van der Waals surface area contributed by atoms with Gasteiger partial charge in [-0.25, -0.2) is 9.59 Å². The van der Waals surface area contributed by atoms with Crippen LogP contribution in [-0.4, -0.2) is 63.0 Å². The molecule has 2 aromatic heterocycles. The SMILES string of the molecule is CCCCc1cc(=O)oc2nc(ON=C(CCC)N3CCN(C(=O)OC(C)(C)C)C[C@@H]3C)[nH]c(=O)c12. The van der Waals surface area contributed by atoms with Gasteiger partial charge < -0.3 is 23.8 Å². The molecule has 1 atom stereocenters. The number of unbranched alkanes of at least 4 members (excludes halogenated alkanes) is 1. The second-order valence-electron chi connectivity index (χ2n) is 10.1. The molecule has 1 aliphatic heterocycles. The molecule has 3 rings (SSSR count). The van der Waals surface area contributed by atoms with Gasteiger partial charge in [0.2, 0.25) is 5.71 Å². The summed E-state index contributed by atoms with van der Waals surface area (Å²) in [6.45, 7) is 13.1. The molecular weight excluding hydrogens is 466 g/mol. The highest BCUT2D eigenvalue weighted by atomic mass is 16.6. The van der Waals surface area contributed by atoms with E-state index in [-0.39, 0.29) is 29.2 Å². The van der Waals surface area contributed by atoms with Gasteiger partial charge in [-0.3, -0.25) is 9.78 Å². The molecular formula is C25H37N5O6. The van der Waals surface area contributed by atoms with E-state index < -0.39 is 16.8 Å². The van der Waals surface area contributed by atoms with Crippen LogP contribution in [0.3, 0.4) is 0 Å². The molecule has 1 N–H and O–H groups in total. The minimum absolute atomic E-state index is 0.0251. The number of carbonyl (C=O) groups excluding carboxylic acids is 1. The number of amides is 1. The molecule has 1 aliphatic rings. The predicted molar refractivity (Wildman–Crippen MR) is 136 cm³/mol. The number of aromatic amines is 1. The first kappa shape index (κ1) is 27.2. The molecule has 36 heavy (non-hydrogen) atoms. The van der Waals surface area contributed by atoms with E-state index in [0.29, 0.717) is 43.9 Å². The highest BCUT2D eigenvalue weighted by molar-refractivity contribution is 5.82. The van der Waals surface area contributed by atoms with E-state index in [0.717, 1.165) is 19.3 Å². The van der Waals surface area contributed by atoms with Crippen LogP contribution in [0.2, 0.25) is 0 Å². The maximum absolute atomic E-state index is 12.8. The molecule has 1 amide bonds. The van der Waals surface area contributed by atoms with Gasteiger partial charge in [0, 0.05) is 38.2 Å². The average Bonchev–Trinajstić information content (AvgIpc) is 2.78. The van der Waals surface area contributed by atoms with Crippen molar-refractivity contribution in [1.29, 1.82) is 0 Å². The van der Waals surface area contributed by atoms with Crippen molar-refractivity contribution in [2.75, 3.05) is 19.6 Å². The zero-order chi connectivity index (χ0) is 26.5. The third-order valence-electron chi connectivity index (χ3n) is 5.80.